The summed E-state index contributed by atoms with van der Waals surface area (Å²) in [5.41, 5.74) is 2.91. The Bertz CT molecular complexity index is 1020. The summed E-state index contributed by atoms with van der Waals surface area (Å²) in [6.45, 7) is 1.58. The van der Waals surface area contributed by atoms with Crippen molar-refractivity contribution in [1.29, 1.82) is 0 Å². The molecular formula is C26H28N2O4. The standard InChI is InChI=1S/C26H28N2O4/c29-25-6-3-15-27(25)22-11-7-19(8-12-22)10-14-26(30)28(21-4-1-2-5-21)17-20-9-13-23-24(16-20)32-18-31-23/h7-14,16,21H,1-6,15,17-18H2. The van der Waals surface area contributed by atoms with Gasteiger partial charge in [0.2, 0.25) is 18.6 Å². The largest absolute Gasteiger partial charge is 0.454 e. The average molecular weight is 433 g/mol. The molecule has 2 aromatic rings. The van der Waals surface area contributed by atoms with Crippen LogP contribution in [0.2, 0.25) is 0 Å². The molecule has 1 saturated heterocycles. The van der Waals surface area contributed by atoms with Gasteiger partial charge in [0.25, 0.3) is 0 Å². The predicted octanol–water partition coefficient (Wildman–Crippen LogP) is 4.53. The van der Waals surface area contributed by atoms with Crippen molar-refractivity contribution in [2.75, 3.05) is 18.2 Å². The van der Waals surface area contributed by atoms with Gasteiger partial charge in [-0.05, 0) is 60.7 Å². The summed E-state index contributed by atoms with van der Waals surface area (Å²) in [6, 6.07) is 14.0. The van der Waals surface area contributed by atoms with E-state index in [1.54, 1.807) is 6.08 Å². The number of anilines is 1. The summed E-state index contributed by atoms with van der Waals surface area (Å²) in [4.78, 5) is 28.9. The van der Waals surface area contributed by atoms with E-state index in [2.05, 4.69) is 0 Å². The number of nitrogens with zero attached hydrogens (tertiary/aromatic N) is 2. The third-order valence-electron chi connectivity index (χ3n) is 6.53. The van der Waals surface area contributed by atoms with Crippen LogP contribution >= 0.6 is 0 Å². The van der Waals surface area contributed by atoms with Gasteiger partial charge in [0.1, 0.15) is 0 Å². The van der Waals surface area contributed by atoms with E-state index in [-0.39, 0.29) is 24.6 Å². The molecule has 0 spiro atoms. The Hall–Kier alpha value is -3.28. The minimum absolute atomic E-state index is 0.0216. The maximum Gasteiger partial charge on any atom is 0.247 e. The lowest BCUT2D eigenvalue weighted by Gasteiger charge is -2.28. The SMILES string of the molecule is O=C1CCCN1c1ccc(C=CC(=O)N(Cc2ccc3c(c2)OCO3)C2CCCC2)cc1. The number of carbonyl (C=O) groups is 2. The minimum Gasteiger partial charge on any atom is -0.454 e. The third-order valence-corrected chi connectivity index (χ3v) is 6.53. The number of amides is 2. The van der Waals surface area contributed by atoms with Crippen LogP contribution in [0.3, 0.4) is 0 Å². The monoisotopic (exact) mass is 432 g/mol. The van der Waals surface area contributed by atoms with Crippen LogP contribution in [0, 0.1) is 0 Å². The second-order valence-corrected chi connectivity index (χ2v) is 8.67. The summed E-state index contributed by atoms with van der Waals surface area (Å²) in [7, 11) is 0. The Balaban J connectivity index is 1.29. The van der Waals surface area contributed by atoms with Crippen molar-refractivity contribution in [3.63, 3.8) is 0 Å². The topological polar surface area (TPSA) is 59.1 Å². The number of hydrogen-bond acceptors (Lipinski definition) is 4. The fraction of sp³-hybridized carbons (Fsp3) is 0.385. The van der Waals surface area contributed by atoms with Crippen LogP contribution in [0.5, 0.6) is 11.5 Å². The first kappa shape index (κ1) is 20.6. The van der Waals surface area contributed by atoms with Crippen LogP contribution in [-0.2, 0) is 16.1 Å². The minimum atomic E-state index is 0.0216. The number of ether oxygens (including phenoxy) is 2. The van der Waals surface area contributed by atoms with E-state index in [1.807, 2.05) is 58.3 Å². The van der Waals surface area contributed by atoms with Gasteiger partial charge in [-0.25, -0.2) is 0 Å². The fourth-order valence-electron chi connectivity index (χ4n) is 4.79. The van der Waals surface area contributed by atoms with Gasteiger partial charge in [-0.1, -0.05) is 31.0 Å². The van der Waals surface area contributed by atoms with Gasteiger partial charge in [0.15, 0.2) is 11.5 Å². The van der Waals surface area contributed by atoms with Crippen molar-refractivity contribution in [3.05, 3.63) is 59.7 Å². The second-order valence-electron chi connectivity index (χ2n) is 8.67. The van der Waals surface area contributed by atoms with Crippen molar-refractivity contribution in [3.8, 4) is 11.5 Å². The molecular weight excluding hydrogens is 404 g/mol. The maximum atomic E-state index is 13.2. The molecule has 5 rings (SSSR count). The molecule has 6 heteroatoms. The van der Waals surface area contributed by atoms with E-state index in [9.17, 15) is 9.59 Å². The van der Waals surface area contributed by atoms with Gasteiger partial charge in [0, 0.05) is 37.3 Å². The zero-order valence-electron chi connectivity index (χ0n) is 18.2. The lowest BCUT2D eigenvalue weighted by molar-refractivity contribution is -0.128. The first-order valence-electron chi connectivity index (χ1n) is 11.4. The lowest BCUT2D eigenvalue weighted by atomic mass is 10.1. The Morgan fingerprint density at radius 3 is 2.56 bits per heavy atom. The zero-order chi connectivity index (χ0) is 21.9. The molecule has 0 radical (unpaired) electrons. The van der Waals surface area contributed by atoms with E-state index >= 15 is 0 Å². The number of fused-ring (bicyclic) bond motifs is 1. The summed E-state index contributed by atoms with van der Waals surface area (Å²) >= 11 is 0. The fourth-order valence-corrected chi connectivity index (χ4v) is 4.79. The molecule has 1 aliphatic carbocycles. The van der Waals surface area contributed by atoms with Gasteiger partial charge < -0.3 is 19.3 Å². The predicted molar refractivity (Wildman–Crippen MR) is 122 cm³/mol. The summed E-state index contributed by atoms with van der Waals surface area (Å²) in [5.74, 6) is 1.70. The zero-order valence-corrected chi connectivity index (χ0v) is 18.2. The molecule has 0 N–H and O–H groups in total. The van der Waals surface area contributed by atoms with Crippen molar-refractivity contribution in [2.24, 2.45) is 0 Å². The summed E-state index contributed by atoms with van der Waals surface area (Å²) in [5, 5.41) is 0. The molecule has 0 atom stereocenters. The van der Waals surface area contributed by atoms with E-state index in [4.69, 9.17) is 9.47 Å². The Kier molecular flexibility index (Phi) is 5.84. The lowest BCUT2D eigenvalue weighted by Crippen LogP contribution is -2.37. The average Bonchev–Trinajstić information content (AvgIpc) is 3.58. The van der Waals surface area contributed by atoms with E-state index < -0.39 is 0 Å². The molecule has 0 unspecified atom stereocenters. The van der Waals surface area contributed by atoms with Crippen LogP contribution in [0.1, 0.15) is 49.7 Å². The van der Waals surface area contributed by atoms with Crippen LogP contribution in [0.25, 0.3) is 6.08 Å². The first-order chi connectivity index (χ1) is 15.7. The highest BCUT2D eigenvalue weighted by Crippen LogP contribution is 2.34. The van der Waals surface area contributed by atoms with E-state index in [0.29, 0.717) is 13.0 Å². The number of rotatable bonds is 6. The summed E-state index contributed by atoms with van der Waals surface area (Å²) < 4.78 is 10.9. The molecule has 0 bridgehead atoms. The van der Waals surface area contributed by atoms with Gasteiger partial charge >= 0.3 is 0 Å². The van der Waals surface area contributed by atoms with Gasteiger partial charge in [-0.2, -0.15) is 0 Å². The molecule has 166 valence electrons. The van der Waals surface area contributed by atoms with E-state index in [0.717, 1.165) is 67.0 Å². The van der Waals surface area contributed by atoms with Crippen molar-refractivity contribution in [1.82, 2.24) is 4.90 Å². The highest BCUT2D eigenvalue weighted by atomic mass is 16.7. The van der Waals surface area contributed by atoms with Crippen molar-refractivity contribution >= 4 is 23.6 Å². The maximum absolute atomic E-state index is 13.2. The van der Waals surface area contributed by atoms with Crippen molar-refractivity contribution in [2.45, 2.75) is 51.1 Å². The van der Waals surface area contributed by atoms with Crippen LogP contribution in [-0.4, -0.2) is 36.1 Å². The Morgan fingerprint density at radius 1 is 1.03 bits per heavy atom. The molecule has 2 aromatic carbocycles. The van der Waals surface area contributed by atoms with Gasteiger partial charge in [-0.15, -0.1) is 0 Å². The van der Waals surface area contributed by atoms with Crippen LogP contribution < -0.4 is 14.4 Å². The highest BCUT2D eigenvalue weighted by molar-refractivity contribution is 5.95. The Morgan fingerprint density at radius 2 is 1.81 bits per heavy atom. The third kappa shape index (κ3) is 4.35. The van der Waals surface area contributed by atoms with Crippen LogP contribution in [0.4, 0.5) is 5.69 Å². The molecule has 32 heavy (non-hydrogen) atoms. The van der Waals surface area contributed by atoms with E-state index in [1.165, 1.54) is 0 Å². The second kappa shape index (κ2) is 9.07. The molecule has 6 nitrogen and oxygen atoms in total. The smallest absolute Gasteiger partial charge is 0.247 e. The molecule has 2 aliphatic heterocycles. The van der Waals surface area contributed by atoms with Crippen LogP contribution in [0.15, 0.2) is 48.5 Å². The van der Waals surface area contributed by atoms with Gasteiger partial charge in [-0.3, -0.25) is 9.59 Å². The Labute approximate surface area is 188 Å². The molecule has 1 saturated carbocycles. The summed E-state index contributed by atoms with van der Waals surface area (Å²) in [6.07, 6.45) is 9.48. The first-order valence-corrected chi connectivity index (χ1v) is 11.4. The number of benzene rings is 2. The van der Waals surface area contributed by atoms with Crippen molar-refractivity contribution < 1.29 is 19.1 Å². The quantitative estimate of drug-likeness (QED) is 0.630. The molecule has 2 heterocycles. The number of hydrogen-bond donors (Lipinski definition) is 0. The van der Waals surface area contributed by atoms with Gasteiger partial charge in [0.05, 0.1) is 0 Å². The highest BCUT2D eigenvalue weighted by Gasteiger charge is 2.26. The molecule has 3 aliphatic rings. The molecule has 2 amide bonds. The molecule has 2 fully saturated rings. The normalized spacial score (nSPS) is 18.1. The number of carbonyl (C=O) groups excluding carboxylic acids is 2. The molecule has 0 aromatic heterocycles.